The van der Waals surface area contributed by atoms with Crippen molar-refractivity contribution >= 4 is 24.5 Å². The number of hydrogen-bond donors (Lipinski definition) is 1. The standard InChI is InChI=1S/C10H13ClO.C8H13Si.CH2.Ti/c1-10(2,3)7-4-8(11)6-9(12)5-7;1-9(2,3)8-6-4-5-7-8;;/h4-6,12H,1-3H3;4,6H,5H2,1-3H3;1H2;/q;-1;;+1. The summed E-state index contributed by atoms with van der Waals surface area (Å²) in [5.74, 6) is 0.229. The first kappa shape index (κ1) is 22.6. The van der Waals surface area contributed by atoms with E-state index in [1.165, 1.54) is 11.3 Å². The van der Waals surface area contributed by atoms with E-state index < -0.39 is 8.07 Å². The number of phenols is 1. The molecule has 0 radical (unpaired) electrons. The zero-order valence-electron chi connectivity index (χ0n) is 15.1. The maximum absolute atomic E-state index is 9.27. The Bertz CT molecular complexity index is 545. The molecule has 125 valence electrons. The van der Waals surface area contributed by atoms with Crippen molar-refractivity contribution in [1.29, 1.82) is 0 Å². The molecule has 1 aliphatic rings. The molecule has 0 fully saturated rings. The van der Waals surface area contributed by atoms with Gasteiger partial charge in [-0.2, -0.15) is 6.08 Å². The minimum atomic E-state index is -1.01. The average Bonchev–Trinajstić information content (AvgIpc) is 2.93. The zero-order valence-corrected chi connectivity index (χ0v) is 18.4. The molecule has 1 aromatic rings. The van der Waals surface area contributed by atoms with Crippen LogP contribution in [0.15, 0.2) is 35.5 Å². The molecule has 4 heteroatoms. The number of phenolic OH excluding ortho intramolecular Hbond substituents is 1. The molecule has 0 heterocycles. The van der Waals surface area contributed by atoms with Crippen molar-refractivity contribution in [2.75, 3.05) is 0 Å². The monoisotopic (exact) mass is 383 g/mol. The van der Waals surface area contributed by atoms with E-state index in [1.807, 2.05) is 6.07 Å². The van der Waals surface area contributed by atoms with Crippen LogP contribution in [0.2, 0.25) is 24.7 Å². The molecule has 0 amide bonds. The van der Waals surface area contributed by atoms with Gasteiger partial charge in [-0.1, -0.05) is 52.0 Å². The predicted molar refractivity (Wildman–Crippen MR) is 103 cm³/mol. The number of halogens is 1. The van der Waals surface area contributed by atoms with Gasteiger partial charge in [0, 0.05) is 13.1 Å². The van der Waals surface area contributed by atoms with Crippen LogP contribution >= 0.6 is 11.6 Å². The normalized spacial score (nSPS) is 13.5. The Balaban J connectivity index is 0.000000392. The third kappa shape index (κ3) is 8.86. The quantitative estimate of drug-likeness (QED) is 0.475. The summed E-state index contributed by atoms with van der Waals surface area (Å²) in [6, 6.07) is 5.16. The van der Waals surface area contributed by atoms with Crippen molar-refractivity contribution in [2.45, 2.75) is 52.2 Å². The number of hydrogen-bond acceptors (Lipinski definition) is 1. The van der Waals surface area contributed by atoms with Gasteiger partial charge in [0.25, 0.3) is 0 Å². The van der Waals surface area contributed by atoms with E-state index in [0.29, 0.717) is 5.02 Å². The summed E-state index contributed by atoms with van der Waals surface area (Å²) in [6.07, 6.45) is 8.82. The molecule has 1 nitrogen and oxygen atoms in total. The summed E-state index contributed by atoms with van der Waals surface area (Å²) in [6.45, 7) is 13.3. The fraction of sp³-hybridized carbons (Fsp3) is 0.421. The molecule has 0 unspecified atom stereocenters. The van der Waals surface area contributed by atoms with Crippen LogP contribution in [0, 0.1) is 6.08 Å². The van der Waals surface area contributed by atoms with Crippen molar-refractivity contribution in [3.63, 3.8) is 0 Å². The van der Waals surface area contributed by atoms with Crippen molar-refractivity contribution in [3.8, 4) is 5.75 Å². The van der Waals surface area contributed by atoms with Crippen LogP contribution in [0.1, 0.15) is 32.8 Å². The van der Waals surface area contributed by atoms with Crippen molar-refractivity contribution < 1.29 is 25.1 Å². The second kappa shape index (κ2) is 9.78. The third-order valence-corrected chi connectivity index (χ3v) is 5.43. The molecule has 1 aliphatic carbocycles. The van der Waals surface area contributed by atoms with Crippen LogP contribution in [0.3, 0.4) is 0 Å². The maximum atomic E-state index is 9.27. The van der Waals surface area contributed by atoms with Gasteiger partial charge in [-0.15, -0.1) is 6.42 Å². The molecule has 0 atom stereocenters. The number of rotatable bonds is 1. The molecular weight excluding hydrogens is 356 g/mol. The van der Waals surface area contributed by atoms with E-state index in [1.54, 1.807) is 26.0 Å². The van der Waals surface area contributed by atoms with E-state index >= 15 is 0 Å². The van der Waals surface area contributed by atoms with E-state index in [0.717, 1.165) is 12.0 Å². The van der Waals surface area contributed by atoms with Gasteiger partial charge in [-0.05, 0) is 29.2 Å². The van der Waals surface area contributed by atoms with E-state index in [2.05, 4.69) is 63.5 Å². The second-order valence-electron chi connectivity index (χ2n) is 7.40. The fourth-order valence-corrected chi connectivity index (χ4v) is 3.41. The Kier molecular flexibility index (Phi) is 9.61. The molecule has 0 aromatic heterocycles. The summed E-state index contributed by atoms with van der Waals surface area (Å²) >= 11 is 7.55. The molecular formula is C19H28ClOSiTi. The van der Waals surface area contributed by atoms with Gasteiger partial charge in [-0.3, -0.25) is 6.08 Å². The molecule has 0 spiro atoms. The molecule has 0 saturated carbocycles. The van der Waals surface area contributed by atoms with Crippen LogP contribution in [0.25, 0.3) is 0 Å². The molecule has 1 N–H and O–H groups in total. The van der Waals surface area contributed by atoms with Gasteiger partial charge in [0.2, 0.25) is 0 Å². The molecule has 0 saturated heterocycles. The topological polar surface area (TPSA) is 20.2 Å². The van der Waals surface area contributed by atoms with Crippen molar-refractivity contribution in [1.82, 2.24) is 0 Å². The van der Waals surface area contributed by atoms with Gasteiger partial charge in [0.1, 0.15) is 5.75 Å². The summed E-state index contributed by atoms with van der Waals surface area (Å²) in [7, 11) is -1.01. The second-order valence-corrected chi connectivity index (χ2v) is 12.9. The van der Waals surface area contributed by atoms with Crippen LogP contribution in [0.5, 0.6) is 5.75 Å². The van der Waals surface area contributed by atoms with E-state index in [4.69, 9.17) is 11.6 Å². The van der Waals surface area contributed by atoms with Crippen LogP contribution < -0.4 is 0 Å². The van der Waals surface area contributed by atoms with Gasteiger partial charge in [0.15, 0.2) is 0 Å². The van der Waals surface area contributed by atoms with Crippen molar-refractivity contribution in [3.05, 3.63) is 52.2 Å². The Morgan fingerprint density at radius 3 is 2.04 bits per heavy atom. The SMILES string of the molecule is CC(C)(C)c1cc(O)cc(Cl)c1.C[Si](C)(C)C1=[C-]CC=C1.[CH2]=[Ti+]. The van der Waals surface area contributed by atoms with E-state index in [-0.39, 0.29) is 11.2 Å². The average molecular weight is 384 g/mol. The van der Waals surface area contributed by atoms with Gasteiger partial charge < -0.3 is 5.11 Å². The van der Waals surface area contributed by atoms with E-state index in [9.17, 15) is 5.11 Å². The number of benzene rings is 1. The molecule has 0 bridgehead atoms. The molecule has 23 heavy (non-hydrogen) atoms. The fourth-order valence-electron chi connectivity index (χ4n) is 1.93. The first-order valence-corrected chi connectivity index (χ1v) is 12.6. The molecule has 0 aliphatic heterocycles. The van der Waals surface area contributed by atoms with Gasteiger partial charge in [-0.25, -0.2) is 11.3 Å². The van der Waals surface area contributed by atoms with Gasteiger partial charge >= 0.3 is 24.8 Å². The first-order chi connectivity index (χ1) is 10.5. The predicted octanol–water partition coefficient (Wildman–Crippen LogP) is 5.86. The molecule has 2 rings (SSSR count). The van der Waals surface area contributed by atoms with Crippen LogP contribution in [-0.2, 0) is 25.4 Å². The number of allylic oxidation sites excluding steroid dienone is 4. The number of aromatic hydroxyl groups is 1. The Morgan fingerprint density at radius 2 is 1.74 bits per heavy atom. The Morgan fingerprint density at radius 1 is 1.17 bits per heavy atom. The van der Waals surface area contributed by atoms with Crippen molar-refractivity contribution in [2.24, 2.45) is 0 Å². The summed E-state index contributed by atoms with van der Waals surface area (Å²) in [5.41, 5.74) is 1.08. The summed E-state index contributed by atoms with van der Waals surface area (Å²) in [4.78, 5) is 3.25. The Labute approximate surface area is 159 Å². The minimum absolute atomic E-state index is 0.0301. The zero-order chi connectivity index (χ0) is 18.3. The van der Waals surface area contributed by atoms with Crippen LogP contribution in [-0.4, -0.2) is 18.0 Å². The summed E-state index contributed by atoms with van der Waals surface area (Å²) < 4.78 is 0. The third-order valence-electron chi connectivity index (χ3n) is 3.25. The van der Waals surface area contributed by atoms with Crippen LogP contribution in [0.4, 0.5) is 0 Å². The van der Waals surface area contributed by atoms with Gasteiger partial charge in [0.05, 0.1) is 0 Å². The molecule has 1 aromatic carbocycles. The first-order valence-electron chi connectivity index (χ1n) is 7.63. The Hall–Kier alpha value is -0.409. The summed E-state index contributed by atoms with van der Waals surface area (Å²) in [5, 5.41) is 11.3.